The van der Waals surface area contributed by atoms with E-state index in [1.807, 2.05) is 0 Å². The van der Waals surface area contributed by atoms with Crippen molar-refractivity contribution in [2.45, 2.75) is 59.2 Å². The lowest BCUT2D eigenvalue weighted by Crippen LogP contribution is -2.28. The first-order chi connectivity index (χ1) is 10.9. The van der Waals surface area contributed by atoms with Crippen molar-refractivity contribution in [1.29, 1.82) is 0 Å². The molecule has 0 saturated heterocycles. The van der Waals surface area contributed by atoms with Crippen molar-refractivity contribution in [2.24, 2.45) is 0 Å². The monoisotopic (exact) mass is 334 g/mol. The number of ether oxygens (including phenoxy) is 3. The molecule has 24 heavy (non-hydrogen) atoms. The van der Waals surface area contributed by atoms with Gasteiger partial charge in [-0.05, 0) is 59.6 Å². The second-order valence-corrected chi connectivity index (χ2v) is 7.36. The van der Waals surface area contributed by atoms with Crippen molar-refractivity contribution < 1.29 is 23.8 Å². The molecular weight excluding hydrogens is 308 g/mol. The lowest BCUT2D eigenvalue weighted by Gasteiger charge is -2.22. The maximum atomic E-state index is 12.4. The van der Waals surface area contributed by atoms with Gasteiger partial charge in [0.2, 0.25) is 0 Å². The summed E-state index contributed by atoms with van der Waals surface area (Å²) in [5, 5.41) is 0. The van der Waals surface area contributed by atoms with E-state index in [9.17, 15) is 9.59 Å². The van der Waals surface area contributed by atoms with Crippen LogP contribution in [0.4, 0.5) is 4.79 Å². The van der Waals surface area contributed by atoms with E-state index in [4.69, 9.17) is 14.2 Å². The SMILES string of the molecule is C=CCc1cccc(C(=O)OC(C)(C)C)c1OC(=O)OC(C)(C)C. The normalized spacial score (nSPS) is 11.6. The molecule has 0 amide bonds. The second kappa shape index (κ2) is 7.51. The van der Waals surface area contributed by atoms with Crippen LogP contribution < -0.4 is 4.74 Å². The van der Waals surface area contributed by atoms with Gasteiger partial charge >= 0.3 is 12.1 Å². The molecule has 1 aromatic rings. The molecule has 1 aromatic carbocycles. The van der Waals surface area contributed by atoms with E-state index >= 15 is 0 Å². The summed E-state index contributed by atoms with van der Waals surface area (Å²) in [6.07, 6.45) is 1.23. The molecule has 132 valence electrons. The van der Waals surface area contributed by atoms with E-state index in [2.05, 4.69) is 6.58 Å². The Kier molecular flexibility index (Phi) is 6.18. The van der Waals surface area contributed by atoms with Crippen molar-refractivity contribution >= 4 is 12.1 Å². The van der Waals surface area contributed by atoms with Crippen LogP contribution in [-0.4, -0.2) is 23.3 Å². The molecule has 0 aromatic heterocycles. The fraction of sp³-hybridized carbons (Fsp3) is 0.474. The topological polar surface area (TPSA) is 61.8 Å². The van der Waals surface area contributed by atoms with Crippen molar-refractivity contribution in [3.8, 4) is 5.75 Å². The number of hydrogen-bond donors (Lipinski definition) is 0. The lowest BCUT2D eigenvalue weighted by atomic mass is 10.1. The Hall–Kier alpha value is -2.30. The smallest absolute Gasteiger partial charge is 0.456 e. The maximum absolute atomic E-state index is 12.4. The third kappa shape index (κ3) is 6.44. The highest BCUT2D eigenvalue weighted by atomic mass is 16.7. The summed E-state index contributed by atoms with van der Waals surface area (Å²) in [5.41, 5.74) is -0.528. The van der Waals surface area contributed by atoms with E-state index < -0.39 is 23.3 Å². The molecule has 0 bridgehead atoms. The van der Waals surface area contributed by atoms with Crippen molar-refractivity contribution in [3.05, 3.63) is 42.0 Å². The van der Waals surface area contributed by atoms with Crippen LogP contribution in [0.2, 0.25) is 0 Å². The molecule has 5 nitrogen and oxygen atoms in total. The van der Waals surface area contributed by atoms with Crippen LogP contribution in [0.1, 0.15) is 57.5 Å². The molecule has 0 spiro atoms. The fourth-order valence-electron chi connectivity index (χ4n) is 1.87. The Morgan fingerprint density at radius 1 is 1.04 bits per heavy atom. The highest BCUT2D eigenvalue weighted by Crippen LogP contribution is 2.28. The molecular formula is C19H26O5. The number of carbonyl (C=O) groups excluding carboxylic acids is 2. The average Bonchev–Trinajstić information content (AvgIpc) is 2.36. The van der Waals surface area contributed by atoms with Gasteiger partial charge in [0.1, 0.15) is 16.8 Å². The molecule has 0 radical (unpaired) electrons. The first-order valence-electron chi connectivity index (χ1n) is 7.80. The van der Waals surface area contributed by atoms with Gasteiger partial charge in [-0.25, -0.2) is 9.59 Å². The minimum atomic E-state index is -0.871. The Morgan fingerprint density at radius 2 is 1.62 bits per heavy atom. The molecule has 0 aliphatic heterocycles. The molecule has 0 unspecified atom stereocenters. The molecule has 5 heteroatoms. The number of para-hydroxylation sites is 1. The number of hydrogen-bond acceptors (Lipinski definition) is 5. The maximum Gasteiger partial charge on any atom is 0.514 e. The van der Waals surface area contributed by atoms with Crippen LogP contribution in [0.5, 0.6) is 5.75 Å². The van der Waals surface area contributed by atoms with Gasteiger partial charge in [-0.2, -0.15) is 0 Å². The highest BCUT2D eigenvalue weighted by Gasteiger charge is 2.26. The van der Waals surface area contributed by atoms with E-state index in [0.717, 1.165) is 0 Å². The van der Waals surface area contributed by atoms with Gasteiger partial charge in [0.05, 0.1) is 0 Å². The van der Waals surface area contributed by atoms with E-state index in [1.165, 1.54) is 0 Å². The molecule has 0 heterocycles. The predicted molar refractivity (Wildman–Crippen MR) is 92.4 cm³/mol. The number of rotatable bonds is 4. The van der Waals surface area contributed by atoms with Gasteiger partial charge in [-0.3, -0.25) is 0 Å². The van der Waals surface area contributed by atoms with Gasteiger partial charge in [0.15, 0.2) is 5.75 Å². The Bertz CT molecular complexity index is 618. The molecule has 0 atom stereocenters. The lowest BCUT2D eigenvalue weighted by molar-refractivity contribution is 0.00606. The van der Waals surface area contributed by atoms with E-state index in [1.54, 1.807) is 65.8 Å². The van der Waals surface area contributed by atoms with Gasteiger partial charge in [0.25, 0.3) is 0 Å². The minimum Gasteiger partial charge on any atom is -0.456 e. The molecule has 1 rings (SSSR count). The summed E-state index contributed by atoms with van der Waals surface area (Å²) in [7, 11) is 0. The molecule has 0 saturated carbocycles. The van der Waals surface area contributed by atoms with Crippen LogP contribution >= 0.6 is 0 Å². The zero-order valence-corrected chi connectivity index (χ0v) is 15.3. The number of carbonyl (C=O) groups is 2. The Morgan fingerprint density at radius 3 is 2.12 bits per heavy atom. The van der Waals surface area contributed by atoms with E-state index in [0.29, 0.717) is 12.0 Å². The summed E-state index contributed by atoms with van der Waals surface area (Å²) in [6, 6.07) is 5.02. The van der Waals surface area contributed by atoms with Crippen LogP contribution in [0.15, 0.2) is 30.9 Å². The zero-order chi connectivity index (χ0) is 18.5. The van der Waals surface area contributed by atoms with E-state index in [-0.39, 0.29) is 11.3 Å². The van der Waals surface area contributed by atoms with Gasteiger partial charge < -0.3 is 14.2 Å². The third-order valence-corrected chi connectivity index (χ3v) is 2.65. The minimum absolute atomic E-state index is 0.140. The molecule has 0 aliphatic rings. The quantitative estimate of drug-likeness (QED) is 0.454. The first-order valence-corrected chi connectivity index (χ1v) is 7.80. The van der Waals surface area contributed by atoms with Crippen molar-refractivity contribution in [1.82, 2.24) is 0 Å². The molecule has 0 fully saturated rings. The number of allylic oxidation sites excluding steroid dienone is 1. The standard InChI is InChI=1S/C19H26O5/c1-8-10-13-11-9-12-14(16(20)23-18(2,3)4)15(13)22-17(21)24-19(5,6)7/h8-9,11-12H,1,10H2,2-7H3. The summed E-state index contributed by atoms with van der Waals surface area (Å²) >= 11 is 0. The molecule has 0 aliphatic carbocycles. The summed E-state index contributed by atoms with van der Waals surface area (Å²) in [4.78, 5) is 24.4. The van der Waals surface area contributed by atoms with Crippen LogP contribution in [0, 0.1) is 0 Å². The Balaban J connectivity index is 3.20. The van der Waals surface area contributed by atoms with Gasteiger partial charge in [-0.15, -0.1) is 6.58 Å². The van der Waals surface area contributed by atoms with Gasteiger partial charge in [0, 0.05) is 0 Å². The largest absolute Gasteiger partial charge is 0.514 e. The van der Waals surface area contributed by atoms with Crippen molar-refractivity contribution in [2.75, 3.05) is 0 Å². The zero-order valence-electron chi connectivity index (χ0n) is 15.3. The summed E-state index contributed by atoms with van der Waals surface area (Å²) in [5.74, 6) is -0.423. The van der Waals surface area contributed by atoms with Crippen LogP contribution in [0.25, 0.3) is 0 Å². The summed E-state index contributed by atoms with van der Waals surface area (Å²) in [6.45, 7) is 14.2. The van der Waals surface area contributed by atoms with Crippen LogP contribution in [-0.2, 0) is 15.9 Å². The average molecular weight is 334 g/mol. The Labute approximate surface area is 143 Å². The third-order valence-electron chi connectivity index (χ3n) is 2.65. The molecule has 0 N–H and O–H groups in total. The first kappa shape index (κ1) is 19.7. The predicted octanol–water partition coefficient (Wildman–Crippen LogP) is 4.68. The summed E-state index contributed by atoms with van der Waals surface area (Å²) < 4.78 is 15.9. The number of esters is 1. The van der Waals surface area contributed by atoms with Crippen molar-refractivity contribution in [3.63, 3.8) is 0 Å². The number of benzene rings is 1. The fourth-order valence-corrected chi connectivity index (χ4v) is 1.87. The van der Waals surface area contributed by atoms with Crippen LogP contribution in [0.3, 0.4) is 0 Å². The van der Waals surface area contributed by atoms with Gasteiger partial charge in [-0.1, -0.05) is 18.2 Å². The second-order valence-electron chi connectivity index (χ2n) is 7.36. The highest BCUT2D eigenvalue weighted by molar-refractivity contribution is 5.94.